The second kappa shape index (κ2) is 4.40. The third-order valence-electron chi connectivity index (χ3n) is 3.66. The molecule has 2 rings (SSSR count). The van der Waals surface area contributed by atoms with Gasteiger partial charge in [-0.05, 0) is 34.6 Å². The van der Waals surface area contributed by atoms with Gasteiger partial charge < -0.3 is 14.2 Å². The van der Waals surface area contributed by atoms with Crippen molar-refractivity contribution in [3.05, 3.63) is 12.7 Å². The van der Waals surface area contributed by atoms with E-state index in [1.165, 1.54) is 0 Å². The fraction of sp³-hybridized carbons (Fsp3) is 0.800. The van der Waals surface area contributed by atoms with Crippen molar-refractivity contribution in [2.75, 3.05) is 6.61 Å². The van der Waals surface area contributed by atoms with Gasteiger partial charge in [0.05, 0.1) is 12.2 Å². The average Bonchev–Trinajstić information content (AvgIpc) is 2.70. The van der Waals surface area contributed by atoms with E-state index < -0.39 is 17.3 Å². The molecule has 0 bridgehead atoms. The number of rotatable bonds is 3. The SMILES string of the molecule is C=C[C@@]1(COC(C)(C)C)CC(=O)[C@@H]2OC(C)(C)O[C@@H]21. The summed E-state index contributed by atoms with van der Waals surface area (Å²) >= 11 is 0. The standard InChI is InChI=1S/C15H24O4/c1-7-15(9-17-13(2,3)4)8-10(16)11-12(15)19-14(5,6)18-11/h7,11-12H,1,8-9H2,2-6H3/t11-,12-,15-/m0/s1. The van der Waals surface area contributed by atoms with E-state index in [4.69, 9.17) is 14.2 Å². The highest BCUT2D eigenvalue weighted by Crippen LogP contribution is 2.48. The molecule has 0 N–H and O–H groups in total. The van der Waals surface area contributed by atoms with Crippen LogP contribution in [0.15, 0.2) is 12.7 Å². The van der Waals surface area contributed by atoms with Gasteiger partial charge in [0.2, 0.25) is 0 Å². The Morgan fingerprint density at radius 3 is 2.58 bits per heavy atom. The molecule has 1 aliphatic carbocycles. The summed E-state index contributed by atoms with van der Waals surface area (Å²) in [5.41, 5.74) is -0.741. The molecular formula is C15H24O4. The zero-order valence-electron chi connectivity index (χ0n) is 12.5. The first-order valence-electron chi connectivity index (χ1n) is 6.74. The monoisotopic (exact) mass is 268 g/mol. The molecule has 4 heteroatoms. The van der Waals surface area contributed by atoms with Crippen molar-refractivity contribution in [2.24, 2.45) is 5.41 Å². The number of carbonyl (C=O) groups excluding carboxylic acids is 1. The topological polar surface area (TPSA) is 44.8 Å². The first-order chi connectivity index (χ1) is 8.59. The molecule has 0 unspecified atom stereocenters. The quantitative estimate of drug-likeness (QED) is 0.738. The van der Waals surface area contributed by atoms with Gasteiger partial charge in [-0.15, -0.1) is 6.58 Å². The van der Waals surface area contributed by atoms with Crippen LogP contribution in [0, 0.1) is 5.41 Å². The van der Waals surface area contributed by atoms with Gasteiger partial charge >= 0.3 is 0 Å². The molecule has 3 atom stereocenters. The van der Waals surface area contributed by atoms with E-state index in [9.17, 15) is 4.79 Å². The molecule has 1 aliphatic heterocycles. The smallest absolute Gasteiger partial charge is 0.165 e. The normalized spacial score (nSPS) is 37.4. The summed E-state index contributed by atoms with van der Waals surface area (Å²) < 4.78 is 17.5. The Balaban J connectivity index is 2.21. The Kier molecular flexibility index (Phi) is 3.40. The Hall–Kier alpha value is -0.710. The minimum Gasteiger partial charge on any atom is -0.375 e. The number of ketones is 1. The predicted octanol–water partition coefficient (Wildman–Crippen LogP) is 2.47. The van der Waals surface area contributed by atoms with E-state index in [2.05, 4.69) is 6.58 Å². The molecule has 0 aromatic heterocycles. The zero-order valence-corrected chi connectivity index (χ0v) is 12.5. The highest BCUT2D eigenvalue weighted by Gasteiger charge is 2.60. The van der Waals surface area contributed by atoms with Gasteiger partial charge in [-0.2, -0.15) is 0 Å². The van der Waals surface area contributed by atoms with Gasteiger partial charge in [0, 0.05) is 11.8 Å². The Labute approximate surface area is 115 Å². The summed E-state index contributed by atoms with van der Waals surface area (Å²) in [6.45, 7) is 14.0. The molecule has 0 aromatic carbocycles. The largest absolute Gasteiger partial charge is 0.375 e. The van der Waals surface area contributed by atoms with Crippen molar-refractivity contribution < 1.29 is 19.0 Å². The van der Waals surface area contributed by atoms with Crippen molar-refractivity contribution in [1.29, 1.82) is 0 Å². The molecule has 2 fully saturated rings. The highest BCUT2D eigenvalue weighted by atomic mass is 16.8. The number of ether oxygens (including phenoxy) is 3. The molecule has 2 aliphatic rings. The van der Waals surface area contributed by atoms with E-state index in [0.717, 1.165) is 0 Å². The lowest BCUT2D eigenvalue weighted by atomic mass is 9.84. The van der Waals surface area contributed by atoms with E-state index in [-0.39, 0.29) is 17.5 Å². The van der Waals surface area contributed by atoms with Crippen LogP contribution in [0.1, 0.15) is 41.0 Å². The van der Waals surface area contributed by atoms with Crippen LogP contribution in [-0.4, -0.2) is 36.0 Å². The van der Waals surface area contributed by atoms with Crippen molar-refractivity contribution in [2.45, 2.75) is 64.6 Å². The first-order valence-corrected chi connectivity index (χ1v) is 6.74. The van der Waals surface area contributed by atoms with Crippen LogP contribution < -0.4 is 0 Å². The maximum atomic E-state index is 12.1. The molecule has 0 spiro atoms. The molecule has 19 heavy (non-hydrogen) atoms. The van der Waals surface area contributed by atoms with Gasteiger partial charge in [-0.3, -0.25) is 4.79 Å². The third-order valence-corrected chi connectivity index (χ3v) is 3.66. The number of Topliss-reactive ketones (excluding diaryl/α,β-unsaturated/α-hetero) is 1. The summed E-state index contributed by atoms with van der Waals surface area (Å²) in [5, 5.41) is 0. The number of fused-ring (bicyclic) bond motifs is 1. The average molecular weight is 268 g/mol. The Bertz CT molecular complexity index is 393. The second-order valence-corrected chi connectivity index (χ2v) is 6.96. The molecule has 0 aromatic rings. The van der Waals surface area contributed by atoms with Crippen molar-refractivity contribution >= 4 is 5.78 Å². The van der Waals surface area contributed by atoms with Gasteiger partial charge in [0.1, 0.15) is 12.2 Å². The fourth-order valence-corrected chi connectivity index (χ4v) is 2.67. The van der Waals surface area contributed by atoms with Gasteiger partial charge in [0.25, 0.3) is 0 Å². The van der Waals surface area contributed by atoms with Crippen LogP contribution in [0.2, 0.25) is 0 Å². The fourth-order valence-electron chi connectivity index (χ4n) is 2.67. The van der Waals surface area contributed by atoms with Crippen LogP contribution in [0.3, 0.4) is 0 Å². The first kappa shape index (κ1) is 14.7. The van der Waals surface area contributed by atoms with Crippen molar-refractivity contribution in [3.8, 4) is 0 Å². The lowest BCUT2D eigenvalue weighted by Gasteiger charge is -2.34. The van der Waals surface area contributed by atoms with Crippen LogP contribution in [0.4, 0.5) is 0 Å². The summed E-state index contributed by atoms with van der Waals surface area (Å²) in [6, 6.07) is 0. The van der Waals surface area contributed by atoms with Crippen LogP contribution in [0.5, 0.6) is 0 Å². The number of carbonyl (C=O) groups is 1. The number of hydrogen-bond acceptors (Lipinski definition) is 4. The van der Waals surface area contributed by atoms with E-state index in [1.54, 1.807) is 6.08 Å². The Morgan fingerprint density at radius 1 is 1.42 bits per heavy atom. The molecule has 0 radical (unpaired) electrons. The Morgan fingerprint density at radius 2 is 2.05 bits per heavy atom. The maximum Gasteiger partial charge on any atom is 0.165 e. The van der Waals surface area contributed by atoms with Gasteiger partial charge in [-0.1, -0.05) is 6.08 Å². The lowest BCUT2D eigenvalue weighted by Crippen LogP contribution is -2.40. The minimum absolute atomic E-state index is 0.0768. The summed E-state index contributed by atoms with van der Waals surface area (Å²) in [6.07, 6.45) is 1.38. The molecule has 1 saturated heterocycles. The predicted molar refractivity (Wildman–Crippen MR) is 71.8 cm³/mol. The van der Waals surface area contributed by atoms with E-state index in [0.29, 0.717) is 13.0 Å². The van der Waals surface area contributed by atoms with Gasteiger partial charge in [0.15, 0.2) is 11.6 Å². The zero-order chi connectivity index (χ0) is 14.5. The molecule has 0 amide bonds. The minimum atomic E-state index is -0.721. The summed E-state index contributed by atoms with van der Waals surface area (Å²) in [4.78, 5) is 12.1. The van der Waals surface area contributed by atoms with Crippen LogP contribution in [-0.2, 0) is 19.0 Å². The maximum absolute atomic E-state index is 12.1. The third kappa shape index (κ3) is 2.76. The van der Waals surface area contributed by atoms with E-state index >= 15 is 0 Å². The molecule has 4 nitrogen and oxygen atoms in total. The highest BCUT2D eigenvalue weighted by molar-refractivity contribution is 5.88. The molecular weight excluding hydrogens is 244 g/mol. The second-order valence-electron chi connectivity index (χ2n) is 6.96. The molecule has 108 valence electrons. The molecule has 1 saturated carbocycles. The van der Waals surface area contributed by atoms with Crippen molar-refractivity contribution in [3.63, 3.8) is 0 Å². The van der Waals surface area contributed by atoms with Gasteiger partial charge in [-0.25, -0.2) is 0 Å². The van der Waals surface area contributed by atoms with E-state index in [1.807, 2.05) is 34.6 Å². The van der Waals surface area contributed by atoms with Crippen LogP contribution >= 0.6 is 0 Å². The lowest BCUT2D eigenvalue weighted by molar-refractivity contribution is -0.172. The summed E-state index contributed by atoms with van der Waals surface area (Å²) in [5.74, 6) is -0.644. The number of hydrogen-bond donors (Lipinski definition) is 0. The van der Waals surface area contributed by atoms with Crippen molar-refractivity contribution in [1.82, 2.24) is 0 Å². The summed E-state index contributed by atoms with van der Waals surface area (Å²) in [7, 11) is 0. The molecule has 1 heterocycles. The van der Waals surface area contributed by atoms with Crippen LogP contribution in [0.25, 0.3) is 0 Å².